The Labute approximate surface area is 124 Å². The highest BCUT2D eigenvalue weighted by Gasteiger charge is 2.35. The van der Waals surface area contributed by atoms with E-state index in [-0.39, 0.29) is 5.91 Å². The van der Waals surface area contributed by atoms with Gasteiger partial charge < -0.3 is 14.6 Å². The second-order valence-electron chi connectivity index (χ2n) is 6.20. The standard InChI is InChI=1S/C17H20N2O2/c20-17(14-1-4-16-13(9-14)5-7-18-16)19(15-2-3-15)10-12-6-8-21-11-12/h1,4-5,7,9,12,15,18H,2-3,6,8,10-11H2. The van der Waals surface area contributed by atoms with Crippen molar-refractivity contribution in [1.82, 2.24) is 9.88 Å². The maximum absolute atomic E-state index is 12.9. The van der Waals surface area contributed by atoms with Gasteiger partial charge in [-0.25, -0.2) is 0 Å². The van der Waals surface area contributed by atoms with Crippen molar-refractivity contribution in [3.05, 3.63) is 36.0 Å². The lowest BCUT2D eigenvalue weighted by molar-refractivity contribution is 0.0706. The van der Waals surface area contributed by atoms with Gasteiger partial charge >= 0.3 is 0 Å². The van der Waals surface area contributed by atoms with Crippen LogP contribution in [0.2, 0.25) is 0 Å². The number of hydrogen-bond donors (Lipinski definition) is 1. The van der Waals surface area contributed by atoms with Crippen LogP contribution in [0.1, 0.15) is 29.6 Å². The normalized spacial score (nSPS) is 21.8. The first-order valence-corrected chi connectivity index (χ1v) is 7.77. The molecule has 1 aliphatic heterocycles. The molecule has 110 valence electrons. The Morgan fingerprint density at radius 1 is 1.29 bits per heavy atom. The molecule has 21 heavy (non-hydrogen) atoms. The Balaban J connectivity index is 1.57. The Bertz CT molecular complexity index is 654. The van der Waals surface area contributed by atoms with E-state index in [4.69, 9.17) is 4.74 Å². The average molecular weight is 284 g/mol. The SMILES string of the molecule is O=C(c1ccc2[nH]ccc2c1)N(CC1CCOC1)C1CC1. The zero-order chi connectivity index (χ0) is 14.2. The molecule has 1 unspecified atom stereocenters. The summed E-state index contributed by atoms with van der Waals surface area (Å²) in [6.45, 7) is 2.48. The second-order valence-corrected chi connectivity index (χ2v) is 6.20. The predicted molar refractivity (Wildman–Crippen MR) is 81.3 cm³/mol. The summed E-state index contributed by atoms with van der Waals surface area (Å²) in [7, 11) is 0. The van der Waals surface area contributed by atoms with Gasteiger partial charge in [-0.3, -0.25) is 4.79 Å². The van der Waals surface area contributed by atoms with Gasteiger partial charge in [-0.15, -0.1) is 0 Å². The number of aromatic nitrogens is 1. The fraction of sp³-hybridized carbons (Fsp3) is 0.471. The predicted octanol–water partition coefficient (Wildman–Crippen LogP) is 2.81. The smallest absolute Gasteiger partial charge is 0.254 e. The number of carbonyl (C=O) groups is 1. The third-order valence-electron chi connectivity index (χ3n) is 4.53. The molecule has 1 amide bonds. The van der Waals surface area contributed by atoms with E-state index in [1.165, 1.54) is 0 Å². The Morgan fingerprint density at radius 3 is 2.95 bits per heavy atom. The summed E-state index contributed by atoms with van der Waals surface area (Å²) in [5.74, 6) is 0.679. The minimum atomic E-state index is 0.174. The summed E-state index contributed by atoms with van der Waals surface area (Å²) in [6.07, 6.45) is 5.28. The van der Waals surface area contributed by atoms with E-state index in [0.717, 1.165) is 55.5 Å². The van der Waals surface area contributed by atoms with Crippen molar-refractivity contribution in [3.63, 3.8) is 0 Å². The summed E-state index contributed by atoms with van der Waals surface area (Å²) in [4.78, 5) is 18.1. The van der Waals surface area contributed by atoms with Crippen molar-refractivity contribution < 1.29 is 9.53 Å². The highest BCUT2D eigenvalue weighted by Crippen LogP contribution is 2.30. The summed E-state index contributed by atoms with van der Waals surface area (Å²) < 4.78 is 5.45. The molecule has 1 atom stereocenters. The zero-order valence-electron chi connectivity index (χ0n) is 12.0. The summed E-state index contributed by atoms with van der Waals surface area (Å²) in [5.41, 5.74) is 1.88. The number of hydrogen-bond acceptors (Lipinski definition) is 2. The fourth-order valence-corrected chi connectivity index (χ4v) is 3.14. The number of carbonyl (C=O) groups excluding carboxylic acids is 1. The highest BCUT2D eigenvalue weighted by molar-refractivity contribution is 5.98. The lowest BCUT2D eigenvalue weighted by atomic mass is 10.1. The number of nitrogens with zero attached hydrogens (tertiary/aromatic N) is 1. The van der Waals surface area contributed by atoms with Crippen LogP contribution in [0, 0.1) is 5.92 Å². The van der Waals surface area contributed by atoms with Crippen LogP contribution in [0.3, 0.4) is 0 Å². The molecule has 0 bridgehead atoms. The largest absolute Gasteiger partial charge is 0.381 e. The van der Waals surface area contributed by atoms with Crippen molar-refractivity contribution in [2.24, 2.45) is 5.92 Å². The molecule has 1 aromatic heterocycles. The number of aromatic amines is 1. The molecule has 1 saturated heterocycles. The minimum Gasteiger partial charge on any atom is -0.381 e. The Morgan fingerprint density at radius 2 is 2.19 bits per heavy atom. The molecular weight excluding hydrogens is 264 g/mol. The molecule has 1 aliphatic carbocycles. The molecule has 2 aromatic rings. The summed E-state index contributed by atoms with van der Waals surface area (Å²) in [6, 6.07) is 8.38. The fourth-order valence-electron chi connectivity index (χ4n) is 3.14. The third-order valence-corrected chi connectivity index (χ3v) is 4.53. The summed E-state index contributed by atoms with van der Waals surface area (Å²) in [5, 5.41) is 1.10. The van der Waals surface area contributed by atoms with Crippen LogP contribution < -0.4 is 0 Å². The van der Waals surface area contributed by atoms with Crippen LogP contribution in [0.4, 0.5) is 0 Å². The lowest BCUT2D eigenvalue weighted by Crippen LogP contribution is -2.37. The molecule has 4 nitrogen and oxygen atoms in total. The quantitative estimate of drug-likeness (QED) is 0.938. The van der Waals surface area contributed by atoms with Crippen molar-refractivity contribution in [1.29, 1.82) is 0 Å². The average Bonchev–Trinajstić information content (AvgIpc) is 3.02. The van der Waals surface area contributed by atoms with Crippen molar-refractivity contribution in [2.75, 3.05) is 19.8 Å². The van der Waals surface area contributed by atoms with E-state index in [2.05, 4.69) is 9.88 Å². The highest BCUT2D eigenvalue weighted by atomic mass is 16.5. The van der Waals surface area contributed by atoms with E-state index >= 15 is 0 Å². The monoisotopic (exact) mass is 284 g/mol. The number of benzene rings is 1. The van der Waals surface area contributed by atoms with E-state index in [0.29, 0.717) is 12.0 Å². The molecule has 0 spiro atoms. The molecule has 0 radical (unpaired) electrons. The van der Waals surface area contributed by atoms with Crippen LogP contribution >= 0.6 is 0 Å². The maximum Gasteiger partial charge on any atom is 0.254 e. The van der Waals surface area contributed by atoms with E-state index in [9.17, 15) is 4.79 Å². The third kappa shape index (κ3) is 2.56. The van der Waals surface area contributed by atoms with Crippen molar-refractivity contribution >= 4 is 16.8 Å². The Hall–Kier alpha value is -1.81. The first kappa shape index (κ1) is 12.9. The van der Waals surface area contributed by atoms with E-state index in [1.807, 2.05) is 30.5 Å². The first-order valence-electron chi connectivity index (χ1n) is 7.77. The molecule has 4 rings (SSSR count). The number of nitrogens with one attached hydrogen (secondary N) is 1. The Kier molecular flexibility index (Phi) is 3.19. The van der Waals surface area contributed by atoms with Gasteiger partial charge in [0, 0.05) is 47.8 Å². The summed E-state index contributed by atoms with van der Waals surface area (Å²) >= 11 is 0. The molecule has 2 fully saturated rings. The minimum absolute atomic E-state index is 0.174. The van der Waals surface area contributed by atoms with Crippen LogP contribution in [0.15, 0.2) is 30.5 Å². The topological polar surface area (TPSA) is 45.3 Å². The number of ether oxygens (including phenoxy) is 1. The number of rotatable bonds is 4. The van der Waals surface area contributed by atoms with Crippen molar-refractivity contribution in [2.45, 2.75) is 25.3 Å². The molecular formula is C17H20N2O2. The van der Waals surface area contributed by atoms with Gasteiger partial charge in [-0.2, -0.15) is 0 Å². The molecule has 1 aromatic carbocycles. The molecule has 1 saturated carbocycles. The van der Waals surface area contributed by atoms with Gasteiger partial charge in [0.05, 0.1) is 6.61 Å². The molecule has 1 N–H and O–H groups in total. The number of amides is 1. The first-order chi connectivity index (χ1) is 10.3. The van der Waals surface area contributed by atoms with Gasteiger partial charge in [0.15, 0.2) is 0 Å². The molecule has 2 aliphatic rings. The molecule has 4 heteroatoms. The van der Waals surface area contributed by atoms with Gasteiger partial charge in [0.25, 0.3) is 5.91 Å². The van der Waals surface area contributed by atoms with Crippen LogP contribution in [0.5, 0.6) is 0 Å². The van der Waals surface area contributed by atoms with Crippen LogP contribution in [0.25, 0.3) is 10.9 Å². The van der Waals surface area contributed by atoms with Gasteiger partial charge in [-0.1, -0.05) is 0 Å². The molecule has 2 heterocycles. The van der Waals surface area contributed by atoms with Crippen molar-refractivity contribution in [3.8, 4) is 0 Å². The number of fused-ring (bicyclic) bond motifs is 1. The number of H-pyrrole nitrogens is 1. The lowest BCUT2D eigenvalue weighted by Gasteiger charge is -2.25. The van der Waals surface area contributed by atoms with Crippen LogP contribution in [-0.4, -0.2) is 41.6 Å². The maximum atomic E-state index is 12.9. The van der Waals surface area contributed by atoms with Crippen LogP contribution in [-0.2, 0) is 4.74 Å². The van der Waals surface area contributed by atoms with E-state index < -0.39 is 0 Å². The van der Waals surface area contributed by atoms with Gasteiger partial charge in [0.2, 0.25) is 0 Å². The van der Waals surface area contributed by atoms with Gasteiger partial charge in [-0.05, 0) is 43.5 Å². The second kappa shape index (κ2) is 5.19. The van der Waals surface area contributed by atoms with E-state index in [1.54, 1.807) is 0 Å². The zero-order valence-corrected chi connectivity index (χ0v) is 12.0. The van der Waals surface area contributed by atoms with Gasteiger partial charge in [0.1, 0.15) is 0 Å².